The summed E-state index contributed by atoms with van der Waals surface area (Å²) in [5.41, 5.74) is 0. The van der Waals surface area contributed by atoms with Gasteiger partial charge in [-0.05, 0) is 25.7 Å². The topological polar surface area (TPSA) is 79.2 Å². The quantitative estimate of drug-likeness (QED) is 0.190. The molecule has 1 aliphatic rings. The molecule has 0 aromatic carbocycles. The molecule has 0 saturated carbocycles. The second kappa shape index (κ2) is 19.2. The molecule has 30 heavy (non-hydrogen) atoms. The molecule has 0 aromatic heterocycles. The van der Waals surface area contributed by atoms with Crippen LogP contribution in [0.5, 0.6) is 0 Å². The summed E-state index contributed by atoms with van der Waals surface area (Å²) in [6.07, 6.45) is 20.5. The zero-order valence-corrected chi connectivity index (χ0v) is 19.4. The van der Waals surface area contributed by atoms with E-state index in [0.29, 0.717) is 6.61 Å². The van der Waals surface area contributed by atoms with Crippen LogP contribution in [0.4, 0.5) is 0 Å². The van der Waals surface area contributed by atoms with Gasteiger partial charge in [0.1, 0.15) is 24.4 Å². The number of aliphatic hydroxyl groups excluding tert-OH is 3. The molecule has 0 unspecified atom stereocenters. The number of aliphatic hydroxyl groups is 3. The highest BCUT2D eigenvalue weighted by molar-refractivity contribution is 4.87. The molecule has 5 nitrogen and oxygen atoms in total. The Labute approximate surface area is 184 Å². The minimum Gasteiger partial charge on any atom is -0.388 e. The summed E-state index contributed by atoms with van der Waals surface area (Å²) in [6, 6.07) is 0. The fourth-order valence-corrected chi connectivity index (χ4v) is 3.88. The molecule has 1 rings (SSSR count). The van der Waals surface area contributed by atoms with Crippen LogP contribution < -0.4 is 0 Å². The van der Waals surface area contributed by atoms with E-state index in [4.69, 9.17) is 9.47 Å². The molecule has 0 radical (unpaired) electrons. The Hall–Kier alpha value is -0.460. The van der Waals surface area contributed by atoms with Crippen LogP contribution in [-0.2, 0) is 9.47 Å². The van der Waals surface area contributed by atoms with Crippen LogP contribution in [0.2, 0.25) is 0 Å². The number of hydrogen-bond acceptors (Lipinski definition) is 5. The first kappa shape index (κ1) is 27.6. The van der Waals surface area contributed by atoms with Gasteiger partial charge in [-0.3, -0.25) is 0 Å². The Morgan fingerprint density at radius 3 is 1.90 bits per heavy atom. The van der Waals surface area contributed by atoms with Crippen LogP contribution in [0.1, 0.15) is 103 Å². The fraction of sp³-hybridized carbons (Fsp3) is 0.920. The highest BCUT2D eigenvalue weighted by Gasteiger charge is 2.39. The summed E-state index contributed by atoms with van der Waals surface area (Å²) in [5, 5.41) is 29.1. The summed E-state index contributed by atoms with van der Waals surface area (Å²) in [6.45, 7) is 3.08. The molecule has 3 N–H and O–H groups in total. The van der Waals surface area contributed by atoms with Crippen molar-refractivity contribution in [1.29, 1.82) is 0 Å². The number of ether oxygens (including phenoxy) is 2. The molecule has 0 amide bonds. The molecule has 0 bridgehead atoms. The van der Waals surface area contributed by atoms with E-state index in [1.165, 1.54) is 83.5 Å². The van der Waals surface area contributed by atoms with Crippen molar-refractivity contribution in [3.8, 4) is 0 Å². The normalized spacial score (nSPS) is 22.9. The maximum absolute atomic E-state index is 9.96. The Kier molecular flexibility index (Phi) is 17.7. The average Bonchev–Trinajstić information content (AvgIpc) is 3.08. The van der Waals surface area contributed by atoms with Crippen LogP contribution in [0.25, 0.3) is 0 Å². The monoisotopic (exact) mass is 428 g/mol. The Balaban J connectivity index is 1.75. The molecule has 178 valence electrons. The van der Waals surface area contributed by atoms with Crippen LogP contribution in [0, 0.1) is 0 Å². The van der Waals surface area contributed by atoms with Crippen molar-refractivity contribution in [2.45, 2.75) is 128 Å². The van der Waals surface area contributed by atoms with Gasteiger partial charge in [0.15, 0.2) is 0 Å². The van der Waals surface area contributed by atoms with E-state index in [2.05, 4.69) is 19.1 Å². The van der Waals surface area contributed by atoms with E-state index in [9.17, 15) is 15.3 Å². The summed E-state index contributed by atoms with van der Waals surface area (Å²) in [7, 11) is 0. The smallest absolute Gasteiger partial charge is 0.114 e. The maximum atomic E-state index is 9.96. The van der Waals surface area contributed by atoms with Crippen molar-refractivity contribution < 1.29 is 24.8 Å². The lowest BCUT2D eigenvalue weighted by Crippen LogP contribution is -2.40. The largest absolute Gasteiger partial charge is 0.388 e. The van der Waals surface area contributed by atoms with Crippen molar-refractivity contribution in [1.82, 2.24) is 0 Å². The first-order valence-corrected chi connectivity index (χ1v) is 12.5. The molecule has 0 spiro atoms. The molecule has 0 aromatic rings. The lowest BCUT2D eigenvalue weighted by Gasteiger charge is -2.20. The molecule has 1 heterocycles. The number of unbranched alkanes of at least 4 members (excludes halogenated alkanes) is 13. The molecule has 5 heteroatoms. The number of rotatable bonds is 20. The van der Waals surface area contributed by atoms with Gasteiger partial charge >= 0.3 is 0 Å². The standard InChI is InChI=1S/C25H48O5/c1-2-3-4-5-6-7-8-9-10-11-12-13-14-15-16-17-18-19-29-20-23(27)25-24(28)22(26)21-30-25/h5-6,22-28H,2-4,7-21H2,1H3/b6-5+/t22-,23+,24+,25+/m1/s1. The van der Waals surface area contributed by atoms with Gasteiger partial charge in [0, 0.05) is 6.61 Å². The van der Waals surface area contributed by atoms with Crippen LogP contribution in [-0.4, -0.2) is 59.6 Å². The predicted octanol–water partition coefficient (Wildman–Crippen LogP) is 4.91. The highest BCUT2D eigenvalue weighted by atomic mass is 16.5. The van der Waals surface area contributed by atoms with Gasteiger partial charge in [-0.15, -0.1) is 0 Å². The molecular formula is C25H48O5. The van der Waals surface area contributed by atoms with Crippen LogP contribution >= 0.6 is 0 Å². The third kappa shape index (κ3) is 13.8. The minimum atomic E-state index is -1.03. The predicted molar refractivity (Wildman–Crippen MR) is 123 cm³/mol. The lowest BCUT2D eigenvalue weighted by molar-refractivity contribution is -0.0813. The van der Waals surface area contributed by atoms with E-state index in [1.807, 2.05) is 0 Å². The fourth-order valence-electron chi connectivity index (χ4n) is 3.88. The van der Waals surface area contributed by atoms with Crippen molar-refractivity contribution >= 4 is 0 Å². The van der Waals surface area contributed by atoms with Crippen molar-refractivity contribution in [2.75, 3.05) is 19.8 Å². The zero-order valence-electron chi connectivity index (χ0n) is 19.4. The van der Waals surface area contributed by atoms with E-state index >= 15 is 0 Å². The van der Waals surface area contributed by atoms with Gasteiger partial charge in [-0.1, -0.05) is 89.7 Å². The Bertz CT molecular complexity index is 401. The van der Waals surface area contributed by atoms with E-state index in [1.54, 1.807) is 0 Å². The van der Waals surface area contributed by atoms with E-state index < -0.39 is 24.4 Å². The van der Waals surface area contributed by atoms with Gasteiger partial charge in [-0.2, -0.15) is 0 Å². The number of hydrogen-bond donors (Lipinski definition) is 3. The molecule has 1 saturated heterocycles. The van der Waals surface area contributed by atoms with Crippen molar-refractivity contribution in [3.63, 3.8) is 0 Å². The third-order valence-corrected chi connectivity index (χ3v) is 5.91. The molecule has 1 aliphatic heterocycles. The molecule has 1 fully saturated rings. The average molecular weight is 429 g/mol. The highest BCUT2D eigenvalue weighted by Crippen LogP contribution is 2.18. The molecule has 4 atom stereocenters. The minimum absolute atomic E-state index is 0.0691. The van der Waals surface area contributed by atoms with Crippen molar-refractivity contribution in [2.24, 2.45) is 0 Å². The maximum Gasteiger partial charge on any atom is 0.114 e. The van der Waals surface area contributed by atoms with E-state index in [-0.39, 0.29) is 13.2 Å². The first-order chi connectivity index (χ1) is 14.7. The summed E-state index contributed by atoms with van der Waals surface area (Å²) >= 11 is 0. The second-order valence-electron chi connectivity index (χ2n) is 8.79. The Morgan fingerprint density at radius 1 is 0.833 bits per heavy atom. The van der Waals surface area contributed by atoms with E-state index in [0.717, 1.165) is 12.8 Å². The van der Waals surface area contributed by atoms with Gasteiger partial charge in [0.25, 0.3) is 0 Å². The van der Waals surface area contributed by atoms with Gasteiger partial charge in [0.2, 0.25) is 0 Å². The molecular weight excluding hydrogens is 380 g/mol. The summed E-state index contributed by atoms with van der Waals surface area (Å²) < 4.78 is 10.7. The van der Waals surface area contributed by atoms with Gasteiger partial charge in [-0.25, -0.2) is 0 Å². The second-order valence-corrected chi connectivity index (χ2v) is 8.79. The summed E-state index contributed by atoms with van der Waals surface area (Å²) in [4.78, 5) is 0. The third-order valence-electron chi connectivity index (χ3n) is 5.91. The van der Waals surface area contributed by atoms with Gasteiger partial charge in [0.05, 0.1) is 13.2 Å². The summed E-state index contributed by atoms with van der Waals surface area (Å²) in [5.74, 6) is 0. The number of allylic oxidation sites excluding steroid dienone is 2. The van der Waals surface area contributed by atoms with Crippen LogP contribution in [0.15, 0.2) is 12.2 Å². The first-order valence-electron chi connectivity index (χ1n) is 12.5. The molecule has 0 aliphatic carbocycles. The van der Waals surface area contributed by atoms with Gasteiger partial charge < -0.3 is 24.8 Å². The zero-order chi connectivity index (χ0) is 21.9. The van der Waals surface area contributed by atoms with Crippen LogP contribution in [0.3, 0.4) is 0 Å². The SMILES string of the molecule is CCCC/C=C/CCCCCCCCCCCCCOC[C@H](O)[C@@H]1OC[C@@H](O)[C@@H]1O. The Morgan fingerprint density at radius 2 is 1.37 bits per heavy atom. The lowest BCUT2D eigenvalue weighted by atomic mass is 10.0. The van der Waals surface area contributed by atoms with Crippen molar-refractivity contribution in [3.05, 3.63) is 12.2 Å².